The first-order chi connectivity index (χ1) is 14.7. The van der Waals surface area contributed by atoms with Crippen LogP contribution in [0.3, 0.4) is 0 Å². The molecule has 0 unspecified atom stereocenters. The maximum atomic E-state index is 13.3. The van der Waals surface area contributed by atoms with Crippen molar-refractivity contribution in [2.24, 2.45) is 4.99 Å². The average Bonchev–Trinajstić information content (AvgIpc) is 3.16. The van der Waals surface area contributed by atoms with Gasteiger partial charge in [0.15, 0.2) is 0 Å². The molecule has 6 heteroatoms. The van der Waals surface area contributed by atoms with E-state index in [0.717, 1.165) is 59.7 Å². The van der Waals surface area contributed by atoms with Gasteiger partial charge in [0.2, 0.25) is 0 Å². The minimum atomic E-state index is 0.0473. The fraction of sp³-hybridized carbons (Fsp3) is 0.500. The molecule has 0 bridgehead atoms. The molecule has 4 rings (SSSR count). The van der Waals surface area contributed by atoms with Gasteiger partial charge in [-0.1, -0.05) is 19.3 Å². The summed E-state index contributed by atoms with van der Waals surface area (Å²) in [6.45, 7) is 0. The lowest BCUT2D eigenvalue weighted by molar-refractivity contribution is 0.0927. The number of hydrogen-bond acceptors (Lipinski definition) is 5. The molecular weight excluding hydrogens is 396 g/mol. The number of benzene rings is 1. The van der Waals surface area contributed by atoms with Crippen LogP contribution >= 0.6 is 11.3 Å². The number of hydrogen-bond donors (Lipinski definition) is 1. The Morgan fingerprint density at radius 3 is 2.67 bits per heavy atom. The Morgan fingerprint density at radius 1 is 1.10 bits per heavy atom. The zero-order chi connectivity index (χ0) is 20.9. The van der Waals surface area contributed by atoms with Gasteiger partial charge >= 0.3 is 0 Å². The number of nitrogens with zero attached hydrogens (tertiary/aromatic N) is 1. The molecule has 0 aliphatic heterocycles. The monoisotopic (exact) mass is 426 g/mol. The quantitative estimate of drug-likeness (QED) is 0.624. The number of carbonyl (C=O) groups excluding carboxylic acids is 1. The molecule has 1 amide bonds. The van der Waals surface area contributed by atoms with Gasteiger partial charge in [0.25, 0.3) is 5.91 Å². The van der Waals surface area contributed by atoms with E-state index >= 15 is 0 Å². The molecule has 0 spiro atoms. The van der Waals surface area contributed by atoms with E-state index < -0.39 is 0 Å². The highest BCUT2D eigenvalue weighted by Gasteiger charge is 2.27. The Kier molecular flexibility index (Phi) is 6.72. The Morgan fingerprint density at radius 2 is 1.90 bits per heavy atom. The molecule has 2 aliphatic carbocycles. The van der Waals surface area contributed by atoms with Crippen molar-refractivity contribution in [2.75, 3.05) is 14.2 Å². The second-order valence-corrected chi connectivity index (χ2v) is 9.15. The normalized spacial score (nSPS) is 17.0. The van der Waals surface area contributed by atoms with Crippen molar-refractivity contribution in [2.45, 2.75) is 63.8 Å². The lowest BCUT2D eigenvalue weighted by atomic mass is 9.93. The predicted octanol–water partition coefficient (Wildman–Crippen LogP) is 5.46. The number of amides is 1. The lowest BCUT2D eigenvalue weighted by Crippen LogP contribution is -2.36. The molecule has 1 heterocycles. The van der Waals surface area contributed by atoms with Crippen LogP contribution < -0.4 is 14.8 Å². The van der Waals surface area contributed by atoms with Gasteiger partial charge in [-0.25, -0.2) is 4.99 Å². The Hall–Kier alpha value is -2.34. The second kappa shape index (κ2) is 9.65. The van der Waals surface area contributed by atoms with E-state index in [1.165, 1.54) is 36.1 Å². The van der Waals surface area contributed by atoms with Crippen molar-refractivity contribution in [1.82, 2.24) is 5.32 Å². The fourth-order valence-electron chi connectivity index (χ4n) is 4.45. The van der Waals surface area contributed by atoms with E-state index in [-0.39, 0.29) is 5.91 Å². The molecular formula is C24H30N2O3S. The first-order valence-corrected chi connectivity index (χ1v) is 11.7. The van der Waals surface area contributed by atoms with Crippen LogP contribution in [0.1, 0.15) is 71.3 Å². The summed E-state index contributed by atoms with van der Waals surface area (Å²) in [5.41, 5.74) is 2.84. The number of methoxy groups -OCH3 is 2. The number of ether oxygens (including phenoxy) is 2. The number of fused-ring (bicyclic) bond motifs is 1. The Bertz CT molecular complexity index is 929. The van der Waals surface area contributed by atoms with Crippen molar-refractivity contribution < 1.29 is 14.3 Å². The maximum absolute atomic E-state index is 13.3. The van der Waals surface area contributed by atoms with Crippen LogP contribution in [0.2, 0.25) is 0 Å². The summed E-state index contributed by atoms with van der Waals surface area (Å²) in [4.78, 5) is 19.4. The summed E-state index contributed by atoms with van der Waals surface area (Å²) in [7, 11) is 3.29. The molecule has 160 valence electrons. The van der Waals surface area contributed by atoms with Crippen LogP contribution in [0.5, 0.6) is 11.5 Å². The lowest BCUT2D eigenvalue weighted by Gasteiger charge is -2.23. The van der Waals surface area contributed by atoms with Crippen molar-refractivity contribution >= 4 is 28.5 Å². The average molecular weight is 427 g/mol. The SMILES string of the molecule is COc1ccc(OC)c(/C=N\c2sc3c(c2C(=O)NC2CCCCC2)CCCC3)c1. The van der Waals surface area contributed by atoms with Crippen LogP contribution in [-0.2, 0) is 12.8 Å². The highest BCUT2D eigenvalue weighted by molar-refractivity contribution is 7.16. The van der Waals surface area contributed by atoms with E-state index in [9.17, 15) is 4.79 Å². The van der Waals surface area contributed by atoms with Crippen LogP contribution in [0.25, 0.3) is 0 Å². The minimum Gasteiger partial charge on any atom is -0.497 e. The third-order valence-corrected chi connectivity index (χ3v) is 7.28. The standard InChI is InChI=1S/C24H30N2O3S/c1-28-18-12-13-20(29-2)16(14-18)15-25-24-22(19-10-6-7-11-21(19)30-24)23(27)26-17-8-4-3-5-9-17/h12-15,17H,3-11H2,1-2H3,(H,26,27)/b25-15-. The van der Waals surface area contributed by atoms with Gasteiger partial charge in [0, 0.05) is 22.7 Å². The number of thiophene rings is 1. The van der Waals surface area contributed by atoms with Gasteiger partial charge in [-0.2, -0.15) is 0 Å². The van der Waals surface area contributed by atoms with Crippen LogP contribution in [-0.4, -0.2) is 32.4 Å². The summed E-state index contributed by atoms with van der Waals surface area (Å²) >= 11 is 1.66. The zero-order valence-electron chi connectivity index (χ0n) is 17.8. The highest BCUT2D eigenvalue weighted by Crippen LogP contribution is 2.40. The van der Waals surface area contributed by atoms with Crippen LogP contribution in [0.15, 0.2) is 23.2 Å². The maximum Gasteiger partial charge on any atom is 0.254 e. The van der Waals surface area contributed by atoms with Gasteiger partial charge in [0.05, 0.1) is 19.8 Å². The molecule has 0 atom stereocenters. The van der Waals surface area contributed by atoms with E-state index in [4.69, 9.17) is 14.5 Å². The molecule has 2 aromatic rings. The molecule has 30 heavy (non-hydrogen) atoms. The second-order valence-electron chi connectivity index (χ2n) is 8.07. The number of carbonyl (C=O) groups is 1. The van der Waals surface area contributed by atoms with Crippen LogP contribution in [0, 0.1) is 0 Å². The van der Waals surface area contributed by atoms with Crippen LogP contribution in [0.4, 0.5) is 5.00 Å². The third-order valence-electron chi connectivity index (χ3n) is 6.08. The molecule has 1 fully saturated rings. The zero-order valence-corrected chi connectivity index (χ0v) is 18.6. The van der Waals surface area contributed by atoms with Gasteiger partial charge in [-0.3, -0.25) is 4.79 Å². The summed E-state index contributed by atoms with van der Waals surface area (Å²) in [6.07, 6.45) is 12.0. The summed E-state index contributed by atoms with van der Waals surface area (Å²) < 4.78 is 10.8. The van der Waals surface area contributed by atoms with E-state index in [0.29, 0.717) is 6.04 Å². The molecule has 5 nitrogen and oxygen atoms in total. The van der Waals surface area contributed by atoms with Gasteiger partial charge in [0.1, 0.15) is 16.5 Å². The molecule has 1 aromatic heterocycles. The number of rotatable bonds is 6. The minimum absolute atomic E-state index is 0.0473. The van der Waals surface area contributed by atoms with Crippen molar-refractivity contribution in [1.29, 1.82) is 0 Å². The number of aryl methyl sites for hydroxylation is 1. The molecule has 1 N–H and O–H groups in total. The number of aliphatic imine (C=N–C) groups is 1. The van der Waals surface area contributed by atoms with Gasteiger partial charge < -0.3 is 14.8 Å². The smallest absolute Gasteiger partial charge is 0.254 e. The van der Waals surface area contributed by atoms with Crippen molar-refractivity contribution in [3.8, 4) is 11.5 Å². The predicted molar refractivity (Wildman–Crippen MR) is 122 cm³/mol. The molecule has 1 aromatic carbocycles. The molecule has 1 saturated carbocycles. The van der Waals surface area contributed by atoms with Crippen molar-refractivity contribution in [3.05, 3.63) is 39.8 Å². The first kappa shape index (κ1) is 20.9. The summed E-state index contributed by atoms with van der Waals surface area (Å²) in [5, 5.41) is 4.11. The Balaban J connectivity index is 1.65. The topological polar surface area (TPSA) is 59.9 Å². The van der Waals surface area contributed by atoms with E-state index in [2.05, 4.69) is 5.32 Å². The largest absolute Gasteiger partial charge is 0.497 e. The first-order valence-electron chi connectivity index (χ1n) is 10.9. The third kappa shape index (κ3) is 4.53. The fourth-order valence-corrected chi connectivity index (χ4v) is 5.68. The summed E-state index contributed by atoms with van der Waals surface area (Å²) in [6, 6.07) is 5.93. The number of nitrogens with one attached hydrogen (secondary N) is 1. The Labute approximate surface area is 182 Å². The van der Waals surface area contributed by atoms with Gasteiger partial charge in [-0.15, -0.1) is 11.3 Å². The van der Waals surface area contributed by atoms with E-state index in [1.54, 1.807) is 31.8 Å². The molecule has 0 radical (unpaired) electrons. The molecule has 0 saturated heterocycles. The summed E-state index contributed by atoms with van der Waals surface area (Å²) in [5.74, 6) is 1.53. The highest BCUT2D eigenvalue weighted by atomic mass is 32.1. The van der Waals surface area contributed by atoms with E-state index in [1.807, 2.05) is 18.2 Å². The molecule has 2 aliphatic rings. The van der Waals surface area contributed by atoms with Crippen molar-refractivity contribution in [3.63, 3.8) is 0 Å². The van der Waals surface area contributed by atoms with Gasteiger partial charge in [-0.05, 0) is 62.3 Å².